The zero-order valence-corrected chi connectivity index (χ0v) is 16.2. The number of phenolic OH excluding ortho intramolecular Hbond substituents is 1. The molecule has 0 bridgehead atoms. The van der Waals surface area contributed by atoms with Gasteiger partial charge in [-0.15, -0.1) is 4.91 Å². The van der Waals surface area contributed by atoms with Gasteiger partial charge in [0.25, 0.3) is 0 Å². The molecule has 160 valence electrons. The number of hydrogen-bond donors (Lipinski definition) is 3. The summed E-state index contributed by atoms with van der Waals surface area (Å²) in [6.07, 6.45) is -4.46. The predicted molar refractivity (Wildman–Crippen MR) is 105 cm³/mol. The van der Waals surface area contributed by atoms with Crippen LogP contribution in [0.5, 0.6) is 5.75 Å². The van der Waals surface area contributed by atoms with Crippen molar-refractivity contribution in [3.63, 3.8) is 0 Å². The fraction of sp³-hybridized carbons (Fsp3) is 0.350. The molecule has 0 aliphatic heterocycles. The van der Waals surface area contributed by atoms with Crippen LogP contribution in [0.15, 0.2) is 47.8 Å². The quantitative estimate of drug-likeness (QED) is 0.357. The molecule has 1 unspecified atom stereocenters. The zero-order chi connectivity index (χ0) is 22.2. The second-order valence-electron chi connectivity index (χ2n) is 7.81. The number of fused-ring (bicyclic) bond motifs is 1. The highest BCUT2D eigenvalue weighted by Gasteiger charge is 2.59. The molecule has 3 rings (SSSR count). The molecule has 1 atom stereocenters. The number of benzene rings is 2. The van der Waals surface area contributed by atoms with E-state index < -0.39 is 41.7 Å². The van der Waals surface area contributed by atoms with Gasteiger partial charge in [-0.3, -0.25) is 5.10 Å². The third-order valence-electron chi connectivity index (χ3n) is 5.16. The molecule has 6 nitrogen and oxygen atoms in total. The van der Waals surface area contributed by atoms with Crippen molar-refractivity contribution in [1.82, 2.24) is 10.2 Å². The Morgan fingerprint density at radius 2 is 1.87 bits per heavy atom. The van der Waals surface area contributed by atoms with Crippen molar-refractivity contribution >= 4 is 16.6 Å². The third-order valence-corrected chi connectivity index (χ3v) is 5.16. The van der Waals surface area contributed by atoms with Crippen LogP contribution in [0, 0.1) is 10.7 Å². The Kier molecular flexibility index (Phi) is 5.44. The van der Waals surface area contributed by atoms with Gasteiger partial charge in [-0.25, -0.2) is 4.39 Å². The number of nitrogens with one attached hydrogen (secondary N) is 2. The summed E-state index contributed by atoms with van der Waals surface area (Å²) in [6, 6.07) is 8.34. The first-order chi connectivity index (χ1) is 14.0. The van der Waals surface area contributed by atoms with Crippen LogP contribution in [0.4, 0.5) is 23.2 Å². The maximum atomic E-state index is 14.3. The minimum atomic E-state index is -5.02. The van der Waals surface area contributed by atoms with E-state index in [2.05, 4.69) is 20.7 Å². The van der Waals surface area contributed by atoms with Gasteiger partial charge in [0.1, 0.15) is 11.6 Å². The summed E-state index contributed by atoms with van der Waals surface area (Å²) in [5, 5.41) is 22.3. The van der Waals surface area contributed by atoms with Crippen molar-refractivity contribution in [3.8, 4) is 5.75 Å². The van der Waals surface area contributed by atoms with E-state index in [1.807, 2.05) is 0 Å². The minimum Gasteiger partial charge on any atom is -0.508 e. The highest BCUT2D eigenvalue weighted by atomic mass is 19.4. The van der Waals surface area contributed by atoms with Crippen molar-refractivity contribution in [2.45, 2.75) is 37.4 Å². The Labute approximate surface area is 169 Å². The molecule has 0 saturated heterocycles. The smallest absolute Gasteiger partial charge is 0.418 e. The molecule has 0 aliphatic rings. The molecular weight excluding hydrogens is 404 g/mol. The molecule has 2 aromatic carbocycles. The topological polar surface area (TPSA) is 90.4 Å². The van der Waals surface area contributed by atoms with Crippen LogP contribution >= 0.6 is 0 Å². The maximum absolute atomic E-state index is 14.3. The van der Waals surface area contributed by atoms with Gasteiger partial charge < -0.3 is 10.4 Å². The first-order valence-electron chi connectivity index (χ1n) is 9.06. The number of hydrogen-bond acceptors (Lipinski definition) is 5. The molecule has 10 heteroatoms. The average Bonchev–Trinajstić information content (AvgIpc) is 3.13. The summed E-state index contributed by atoms with van der Waals surface area (Å²) in [7, 11) is 0. The summed E-state index contributed by atoms with van der Waals surface area (Å²) < 4.78 is 56.5. The van der Waals surface area contributed by atoms with Gasteiger partial charge in [-0.05, 0) is 36.1 Å². The lowest BCUT2D eigenvalue weighted by Gasteiger charge is -2.37. The van der Waals surface area contributed by atoms with E-state index in [0.717, 1.165) is 6.07 Å². The van der Waals surface area contributed by atoms with Gasteiger partial charge in [0.15, 0.2) is 0 Å². The van der Waals surface area contributed by atoms with Crippen molar-refractivity contribution in [1.29, 1.82) is 0 Å². The number of phenols is 1. The largest absolute Gasteiger partial charge is 0.508 e. The predicted octanol–water partition coefficient (Wildman–Crippen LogP) is 5.25. The lowest BCUT2D eigenvalue weighted by atomic mass is 9.73. The molecule has 0 spiro atoms. The third kappa shape index (κ3) is 3.81. The molecule has 3 N–H and O–H groups in total. The van der Waals surface area contributed by atoms with Crippen LogP contribution in [0.2, 0.25) is 0 Å². The van der Waals surface area contributed by atoms with Crippen molar-refractivity contribution in [2.24, 2.45) is 5.18 Å². The van der Waals surface area contributed by atoms with Gasteiger partial charge in [0, 0.05) is 16.6 Å². The second-order valence-corrected chi connectivity index (χ2v) is 7.81. The number of aromatic hydroxyl groups is 1. The number of nitroso groups, excluding NO2 is 1. The Bertz CT molecular complexity index is 1040. The summed E-state index contributed by atoms with van der Waals surface area (Å²) in [5.74, 6) is -1.35. The van der Waals surface area contributed by atoms with Gasteiger partial charge in [-0.2, -0.15) is 18.3 Å². The molecule has 0 amide bonds. The molecular formula is C20H20F4N4O2. The molecule has 0 saturated carbocycles. The monoisotopic (exact) mass is 424 g/mol. The standard InChI is InChI=1S/C20H20F4N4O2/c1-18(2,17-13(21)5-3-8-16(17)29)10-19(28-30,20(22,23)24)11-25-14-6-4-7-15-12(14)9-26-27-15/h3-9,25,29H,10-11H2,1-2H3,(H,26,27). The normalized spacial score (nSPS) is 14.5. The molecule has 0 fully saturated rings. The van der Waals surface area contributed by atoms with Gasteiger partial charge in [0.2, 0.25) is 5.54 Å². The molecule has 1 heterocycles. The highest BCUT2D eigenvalue weighted by molar-refractivity contribution is 5.90. The van der Waals surface area contributed by atoms with E-state index >= 15 is 0 Å². The van der Waals surface area contributed by atoms with E-state index in [-0.39, 0.29) is 5.56 Å². The van der Waals surface area contributed by atoms with E-state index in [1.54, 1.807) is 18.2 Å². The van der Waals surface area contributed by atoms with Gasteiger partial charge >= 0.3 is 6.18 Å². The molecule has 0 radical (unpaired) electrons. The number of aromatic nitrogens is 2. The summed E-state index contributed by atoms with van der Waals surface area (Å²) in [6.45, 7) is 1.78. The lowest BCUT2D eigenvalue weighted by Crippen LogP contribution is -2.52. The number of rotatable bonds is 7. The van der Waals surface area contributed by atoms with Crippen LogP contribution in [-0.2, 0) is 5.41 Å². The number of nitrogens with zero attached hydrogens (tertiary/aromatic N) is 2. The second kappa shape index (κ2) is 7.58. The maximum Gasteiger partial charge on any atom is 0.418 e. The number of H-pyrrole nitrogens is 1. The van der Waals surface area contributed by atoms with Gasteiger partial charge in [-0.1, -0.05) is 31.2 Å². The van der Waals surface area contributed by atoms with Crippen LogP contribution in [0.1, 0.15) is 25.8 Å². The molecule has 30 heavy (non-hydrogen) atoms. The minimum absolute atomic E-state index is 0.306. The number of anilines is 1. The van der Waals surface area contributed by atoms with Gasteiger partial charge in [0.05, 0.1) is 18.3 Å². The van der Waals surface area contributed by atoms with Crippen LogP contribution in [-0.4, -0.2) is 33.6 Å². The Morgan fingerprint density at radius 1 is 1.17 bits per heavy atom. The molecule has 0 aliphatic carbocycles. The van der Waals surface area contributed by atoms with Crippen molar-refractivity contribution < 1.29 is 22.7 Å². The Balaban J connectivity index is 1.98. The fourth-order valence-corrected chi connectivity index (χ4v) is 3.75. The zero-order valence-electron chi connectivity index (χ0n) is 16.2. The molecule has 1 aromatic heterocycles. The average molecular weight is 424 g/mol. The number of alkyl halides is 3. The van der Waals surface area contributed by atoms with E-state index in [9.17, 15) is 27.6 Å². The van der Waals surface area contributed by atoms with Crippen LogP contribution < -0.4 is 5.32 Å². The SMILES string of the molecule is CC(C)(CC(CNc1cccc2[nH]ncc12)(N=O)C(F)(F)F)c1c(O)cccc1F. The van der Waals surface area contributed by atoms with Crippen LogP contribution in [0.3, 0.4) is 0 Å². The Morgan fingerprint density at radius 3 is 2.50 bits per heavy atom. The summed E-state index contributed by atoms with van der Waals surface area (Å²) >= 11 is 0. The van der Waals surface area contributed by atoms with Crippen molar-refractivity contribution in [2.75, 3.05) is 11.9 Å². The highest BCUT2D eigenvalue weighted by Crippen LogP contribution is 2.46. The summed E-state index contributed by atoms with van der Waals surface area (Å²) in [4.78, 5) is 11.6. The van der Waals surface area contributed by atoms with E-state index in [4.69, 9.17) is 0 Å². The van der Waals surface area contributed by atoms with E-state index in [1.165, 1.54) is 32.2 Å². The first kappa shape index (κ1) is 21.5. The molecule has 3 aromatic rings. The van der Waals surface area contributed by atoms with E-state index in [0.29, 0.717) is 16.6 Å². The van der Waals surface area contributed by atoms with Crippen molar-refractivity contribution in [3.05, 3.63) is 58.9 Å². The number of halogens is 4. The first-order valence-corrected chi connectivity index (χ1v) is 9.06. The lowest BCUT2D eigenvalue weighted by molar-refractivity contribution is -0.186. The fourth-order valence-electron chi connectivity index (χ4n) is 3.75. The number of aromatic amines is 1. The Hall–Kier alpha value is -3.17. The van der Waals surface area contributed by atoms with Crippen LogP contribution in [0.25, 0.3) is 10.9 Å². The summed E-state index contributed by atoms with van der Waals surface area (Å²) in [5.41, 5.74) is -3.99.